The predicted molar refractivity (Wildman–Crippen MR) is 168 cm³/mol. The standard InChI is InChI=1S/C35H38N6O/c1-4-30(28-12-7-5-8-13-28)35(42)40-21-11-20-39(22-23-40)33-32-26(3)38-41(29-14-9-6-10-15-29)34(32)37-31(36-33)24-27-18-16-25(2)17-19-27/h5-10,12-19,30H,4,11,20-24H2,1-3H3. The number of carbonyl (C=O) groups excluding carboxylic acids is 1. The summed E-state index contributed by atoms with van der Waals surface area (Å²) in [6.45, 7) is 9.16. The zero-order valence-corrected chi connectivity index (χ0v) is 24.7. The van der Waals surface area contributed by atoms with Gasteiger partial charge in [-0.2, -0.15) is 5.10 Å². The molecule has 1 aliphatic heterocycles. The molecule has 1 saturated heterocycles. The lowest BCUT2D eigenvalue weighted by Gasteiger charge is -2.26. The Balaban J connectivity index is 1.35. The van der Waals surface area contributed by atoms with E-state index in [4.69, 9.17) is 15.1 Å². The van der Waals surface area contributed by atoms with Gasteiger partial charge in [0.2, 0.25) is 5.91 Å². The molecule has 42 heavy (non-hydrogen) atoms. The number of benzene rings is 3. The van der Waals surface area contributed by atoms with E-state index in [0.29, 0.717) is 19.5 Å². The average Bonchev–Trinajstić information content (AvgIpc) is 3.17. The van der Waals surface area contributed by atoms with E-state index in [1.54, 1.807) is 0 Å². The highest BCUT2D eigenvalue weighted by Crippen LogP contribution is 2.31. The number of hydrogen-bond acceptors (Lipinski definition) is 5. The lowest BCUT2D eigenvalue weighted by molar-refractivity contribution is -0.132. The fourth-order valence-corrected chi connectivity index (χ4v) is 5.96. The van der Waals surface area contributed by atoms with Crippen LogP contribution in [0.3, 0.4) is 0 Å². The lowest BCUT2D eigenvalue weighted by atomic mass is 9.95. The molecule has 214 valence electrons. The van der Waals surface area contributed by atoms with Gasteiger partial charge in [-0.25, -0.2) is 14.6 Å². The van der Waals surface area contributed by atoms with Crippen LogP contribution in [0.4, 0.5) is 5.82 Å². The number of fused-ring (bicyclic) bond motifs is 1. The normalized spacial score (nSPS) is 14.6. The van der Waals surface area contributed by atoms with E-state index in [1.165, 1.54) is 11.1 Å². The summed E-state index contributed by atoms with van der Waals surface area (Å²) in [5.74, 6) is 1.78. The number of anilines is 1. The smallest absolute Gasteiger partial charge is 0.230 e. The van der Waals surface area contributed by atoms with Crippen LogP contribution in [0.2, 0.25) is 0 Å². The fraction of sp³-hybridized carbons (Fsp3) is 0.314. The molecule has 1 atom stereocenters. The van der Waals surface area contributed by atoms with Gasteiger partial charge in [-0.3, -0.25) is 4.79 Å². The number of para-hydroxylation sites is 1. The first-order valence-electron chi connectivity index (χ1n) is 15.0. The molecule has 0 radical (unpaired) electrons. The molecule has 0 N–H and O–H groups in total. The molecule has 0 spiro atoms. The topological polar surface area (TPSA) is 67.2 Å². The van der Waals surface area contributed by atoms with Gasteiger partial charge in [-0.05, 0) is 49.9 Å². The van der Waals surface area contributed by atoms with Crippen LogP contribution in [0, 0.1) is 13.8 Å². The summed E-state index contributed by atoms with van der Waals surface area (Å²) >= 11 is 0. The fourth-order valence-electron chi connectivity index (χ4n) is 5.96. The maximum Gasteiger partial charge on any atom is 0.230 e. The maximum atomic E-state index is 13.7. The van der Waals surface area contributed by atoms with Crippen molar-refractivity contribution in [2.45, 2.75) is 46.0 Å². The average molecular weight is 559 g/mol. The molecule has 3 aromatic carbocycles. The molecule has 6 rings (SSSR count). The molecule has 0 aliphatic carbocycles. The largest absolute Gasteiger partial charge is 0.354 e. The monoisotopic (exact) mass is 558 g/mol. The zero-order valence-electron chi connectivity index (χ0n) is 24.7. The zero-order chi connectivity index (χ0) is 29.1. The van der Waals surface area contributed by atoms with Crippen LogP contribution in [-0.4, -0.2) is 56.7 Å². The quantitative estimate of drug-likeness (QED) is 0.236. The van der Waals surface area contributed by atoms with Crippen LogP contribution in [-0.2, 0) is 11.2 Å². The molecule has 7 heteroatoms. The Kier molecular flexibility index (Phi) is 8.00. The number of aromatic nitrogens is 4. The summed E-state index contributed by atoms with van der Waals surface area (Å²) < 4.78 is 1.94. The minimum atomic E-state index is -0.115. The molecule has 1 fully saturated rings. The summed E-state index contributed by atoms with van der Waals surface area (Å²) in [6.07, 6.45) is 2.30. The Bertz CT molecular complexity index is 1660. The van der Waals surface area contributed by atoms with Crippen molar-refractivity contribution in [2.24, 2.45) is 0 Å². The minimum Gasteiger partial charge on any atom is -0.354 e. The van der Waals surface area contributed by atoms with Crippen molar-refractivity contribution in [3.8, 4) is 5.69 Å². The second-order valence-corrected chi connectivity index (χ2v) is 11.2. The van der Waals surface area contributed by atoms with Crippen LogP contribution in [0.5, 0.6) is 0 Å². The summed E-state index contributed by atoms with van der Waals surface area (Å²) in [6, 6.07) is 28.9. The Labute approximate surface area is 247 Å². The number of rotatable bonds is 7. The van der Waals surface area contributed by atoms with Gasteiger partial charge in [0.25, 0.3) is 0 Å². The highest BCUT2D eigenvalue weighted by atomic mass is 16.2. The van der Waals surface area contributed by atoms with E-state index in [9.17, 15) is 4.79 Å². The Morgan fingerprint density at radius 3 is 2.26 bits per heavy atom. The van der Waals surface area contributed by atoms with Gasteiger partial charge in [0.15, 0.2) is 5.65 Å². The second-order valence-electron chi connectivity index (χ2n) is 11.2. The van der Waals surface area contributed by atoms with Gasteiger partial charge in [0.05, 0.1) is 22.7 Å². The van der Waals surface area contributed by atoms with Crippen LogP contribution in [0.1, 0.15) is 53.9 Å². The number of amides is 1. The highest BCUT2D eigenvalue weighted by Gasteiger charge is 2.28. The molecule has 1 amide bonds. The maximum absolute atomic E-state index is 13.7. The van der Waals surface area contributed by atoms with Crippen molar-refractivity contribution >= 4 is 22.8 Å². The third kappa shape index (κ3) is 5.64. The van der Waals surface area contributed by atoms with Crippen LogP contribution in [0.15, 0.2) is 84.9 Å². The van der Waals surface area contributed by atoms with Gasteiger partial charge >= 0.3 is 0 Å². The summed E-state index contributed by atoms with van der Waals surface area (Å²) in [5, 5.41) is 5.91. The molecule has 1 aliphatic rings. The molecule has 5 aromatic rings. The van der Waals surface area contributed by atoms with Crippen molar-refractivity contribution in [2.75, 3.05) is 31.1 Å². The first-order valence-corrected chi connectivity index (χ1v) is 15.0. The van der Waals surface area contributed by atoms with Gasteiger partial charge in [0.1, 0.15) is 11.6 Å². The molecule has 0 bridgehead atoms. The number of carbonyl (C=O) groups is 1. The molecular formula is C35H38N6O. The highest BCUT2D eigenvalue weighted by molar-refractivity contribution is 5.91. The number of nitrogens with zero attached hydrogens (tertiary/aromatic N) is 6. The van der Waals surface area contributed by atoms with Crippen molar-refractivity contribution < 1.29 is 4.79 Å². The molecule has 1 unspecified atom stereocenters. The summed E-state index contributed by atoms with van der Waals surface area (Å²) in [4.78, 5) is 28.3. The second kappa shape index (κ2) is 12.1. The van der Waals surface area contributed by atoms with E-state index in [2.05, 4.69) is 67.3 Å². The molecule has 0 saturated carbocycles. The van der Waals surface area contributed by atoms with Crippen LogP contribution in [0.25, 0.3) is 16.7 Å². The summed E-state index contributed by atoms with van der Waals surface area (Å²) in [7, 11) is 0. The third-order valence-corrected chi connectivity index (χ3v) is 8.23. The molecular weight excluding hydrogens is 520 g/mol. The summed E-state index contributed by atoms with van der Waals surface area (Å²) in [5.41, 5.74) is 6.19. The van der Waals surface area contributed by atoms with Crippen molar-refractivity contribution in [3.63, 3.8) is 0 Å². The first-order chi connectivity index (χ1) is 20.5. The van der Waals surface area contributed by atoms with E-state index < -0.39 is 0 Å². The Morgan fingerprint density at radius 2 is 1.55 bits per heavy atom. The first kappa shape index (κ1) is 27.6. The van der Waals surface area contributed by atoms with Crippen LogP contribution >= 0.6 is 0 Å². The van der Waals surface area contributed by atoms with Crippen LogP contribution < -0.4 is 4.90 Å². The Morgan fingerprint density at radius 1 is 0.833 bits per heavy atom. The molecule has 7 nitrogen and oxygen atoms in total. The van der Waals surface area contributed by atoms with Crippen molar-refractivity contribution in [1.29, 1.82) is 0 Å². The van der Waals surface area contributed by atoms with Crippen molar-refractivity contribution in [3.05, 3.63) is 113 Å². The van der Waals surface area contributed by atoms with E-state index in [0.717, 1.165) is 65.6 Å². The number of aryl methyl sites for hydroxylation is 2. The Hall–Kier alpha value is -4.52. The van der Waals surface area contributed by atoms with E-state index in [-0.39, 0.29) is 11.8 Å². The third-order valence-electron chi connectivity index (χ3n) is 8.23. The van der Waals surface area contributed by atoms with Gasteiger partial charge < -0.3 is 9.80 Å². The molecule has 2 aromatic heterocycles. The van der Waals surface area contributed by atoms with E-state index in [1.807, 2.05) is 52.9 Å². The van der Waals surface area contributed by atoms with Gasteiger partial charge in [0, 0.05) is 32.6 Å². The van der Waals surface area contributed by atoms with E-state index >= 15 is 0 Å². The minimum absolute atomic E-state index is 0.115. The van der Waals surface area contributed by atoms with Gasteiger partial charge in [-0.15, -0.1) is 0 Å². The lowest BCUT2D eigenvalue weighted by Crippen LogP contribution is -2.38. The predicted octanol–water partition coefficient (Wildman–Crippen LogP) is 6.26. The number of hydrogen-bond donors (Lipinski definition) is 0. The molecule has 3 heterocycles. The SMILES string of the molecule is CCC(C(=O)N1CCCN(c2nc(Cc3ccc(C)cc3)nc3c2c(C)nn3-c2ccccc2)CC1)c1ccccc1. The van der Waals surface area contributed by atoms with Gasteiger partial charge in [-0.1, -0.05) is 85.3 Å². The van der Waals surface area contributed by atoms with Crippen molar-refractivity contribution in [1.82, 2.24) is 24.6 Å².